The quantitative estimate of drug-likeness (QED) is 0.894. The van der Waals surface area contributed by atoms with Gasteiger partial charge in [0.15, 0.2) is 0 Å². The number of carbonyl (C=O) groups excluding carboxylic acids is 1. The lowest BCUT2D eigenvalue weighted by atomic mass is 9.63. The molecule has 3 rings (SSSR count). The van der Waals surface area contributed by atoms with Crippen molar-refractivity contribution >= 4 is 18.3 Å². The second-order valence-corrected chi connectivity index (χ2v) is 7.05. The highest BCUT2D eigenvalue weighted by atomic mass is 35.5. The molecule has 0 spiro atoms. The largest absolute Gasteiger partial charge is 0.355 e. The highest BCUT2D eigenvalue weighted by Crippen LogP contribution is 2.44. The van der Waals surface area contributed by atoms with Crippen molar-refractivity contribution in [1.82, 2.24) is 10.6 Å². The van der Waals surface area contributed by atoms with E-state index in [1.54, 1.807) is 0 Å². The van der Waals surface area contributed by atoms with Crippen molar-refractivity contribution in [3.05, 3.63) is 35.9 Å². The number of amides is 1. The molecule has 122 valence electrons. The first-order valence-electron chi connectivity index (χ1n) is 8.19. The molecule has 1 saturated heterocycles. The minimum Gasteiger partial charge on any atom is -0.355 e. The summed E-state index contributed by atoms with van der Waals surface area (Å²) < 4.78 is 0. The second-order valence-electron chi connectivity index (χ2n) is 7.05. The third-order valence-corrected chi connectivity index (χ3v) is 5.45. The van der Waals surface area contributed by atoms with Gasteiger partial charge in [0.1, 0.15) is 0 Å². The third kappa shape index (κ3) is 3.31. The zero-order valence-electron chi connectivity index (χ0n) is 13.4. The van der Waals surface area contributed by atoms with Crippen molar-refractivity contribution in [3.63, 3.8) is 0 Å². The molecule has 4 heteroatoms. The number of piperidine rings is 1. The fourth-order valence-corrected chi connectivity index (χ4v) is 3.60. The van der Waals surface area contributed by atoms with Crippen molar-refractivity contribution < 1.29 is 4.79 Å². The van der Waals surface area contributed by atoms with Gasteiger partial charge in [-0.1, -0.05) is 43.7 Å². The summed E-state index contributed by atoms with van der Waals surface area (Å²) in [7, 11) is 0. The fourth-order valence-electron chi connectivity index (χ4n) is 3.60. The Morgan fingerprint density at radius 2 is 1.77 bits per heavy atom. The molecule has 1 heterocycles. The van der Waals surface area contributed by atoms with Gasteiger partial charge in [0.25, 0.3) is 0 Å². The van der Waals surface area contributed by atoms with Gasteiger partial charge in [-0.05, 0) is 49.8 Å². The highest BCUT2D eigenvalue weighted by molar-refractivity contribution is 5.89. The molecule has 1 aliphatic carbocycles. The Morgan fingerprint density at radius 3 is 2.32 bits per heavy atom. The van der Waals surface area contributed by atoms with Gasteiger partial charge in [-0.2, -0.15) is 0 Å². The maximum Gasteiger partial charge on any atom is 0.230 e. The molecule has 1 aromatic carbocycles. The molecule has 2 N–H and O–H groups in total. The van der Waals surface area contributed by atoms with E-state index in [0.717, 1.165) is 51.7 Å². The normalized spacial score (nSPS) is 22.0. The molecule has 1 aromatic rings. The van der Waals surface area contributed by atoms with Gasteiger partial charge >= 0.3 is 0 Å². The van der Waals surface area contributed by atoms with Crippen LogP contribution in [0, 0.1) is 5.41 Å². The third-order valence-electron chi connectivity index (χ3n) is 5.45. The van der Waals surface area contributed by atoms with Crippen LogP contribution in [0.25, 0.3) is 0 Å². The summed E-state index contributed by atoms with van der Waals surface area (Å²) >= 11 is 0. The van der Waals surface area contributed by atoms with Gasteiger partial charge in [-0.25, -0.2) is 0 Å². The summed E-state index contributed by atoms with van der Waals surface area (Å²) in [5, 5.41) is 6.66. The number of hydrogen-bond donors (Lipinski definition) is 2. The van der Waals surface area contributed by atoms with Crippen LogP contribution in [0.4, 0.5) is 0 Å². The zero-order valence-corrected chi connectivity index (χ0v) is 14.2. The molecule has 0 unspecified atom stereocenters. The maximum atomic E-state index is 12.8. The van der Waals surface area contributed by atoms with Gasteiger partial charge in [0.05, 0.1) is 5.41 Å². The Labute approximate surface area is 139 Å². The summed E-state index contributed by atoms with van der Waals surface area (Å²) in [6.45, 7) is 5.23. The van der Waals surface area contributed by atoms with Crippen LogP contribution in [0.15, 0.2) is 30.3 Å². The van der Waals surface area contributed by atoms with E-state index < -0.39 is 0 Å². The van der Waals surface area contributed by atoms with E-state index in [4.69, 9.17) is 0 Å². The monoisotopic (exact) mass is 322 g/mol. The standard InChI is InChI=1S/C18H26N2O.ClH/c1-17(10-12-19-13-11-17)14-20-16(21)18(8-5-9-18)15-6-3-2-4-7-15;/h2-4,6-7,19H,5,8-14H2,1H3,(H,20,21);1H. The number of benzene rings is 1. The predicted molar refractivity (Wildman–Crippen MR) is 92.4 cm³/mol. The maximum absolute atomic E-state index is 12.8. The van der Waals surface area contributed by atoms with Crippen molar-refractivity contribution in [2.24, 2.45) is 5.41 Å². The van der Waals surface area contributed by atoms with E-state index in [9.17, 15) is 4.79 Å². The molecule has 1 amide bonds. The molecular formula is C18H27ClN2O. The summed E-state index contributed by atoms with van der Waals surface area (Å²) in [4.78, 5) is 12.8. The number of rotatable bonds is 4. The van der Waals surface area contributed by atoms with E-state index in [-0.39, 0.29) is 29.1 Å². The van der Waals surface area contributed by atoms with Crippen LogP contribution in [0.2, 0.25) is 0 Å². The molecule has 22 heavy (non-hydrogen) atoms. The molecule has 0 aromatic heterocycles. The Bertz CT molecular complexity index is 493. The molecule has 1 aliphatic heterocycles. The fraction of sp³-hybridized carbons (Fsp3) is 0.611. The van der Waals surface area contributed by atoms with Crippen LogP contribution >= 0.6 is 12.4 Å². The molecule has 0 radical (unpaired) electrons. The van der Waals surface area contributed by atoms with Gasteiger partial charge in [-0.3, -0.25) is 4.79 Å². The van der Waals surface area contributed by atoms with Gasteiger partial charge in [-0.15, -0.1) is 12.4 Å². The van der Waals surface area contributed by atoms with E-state index in [0.29, 0.717) is 0 Å². The lowest BCUT2D eigenvalue weighted by Crippen LogP contribution is -2.52. The lowest BCUT2D eigenvalue weighted by molar-refractivity contribution is -0.130. The van der Waals surface area contributed by atoms with Crippen LogP contribution < -0.4 is 10.6 Å². The molecule has 2 aliphatic rings. The van der Waals surface area contributed by atoms with Gasteiger partial charge in [0, 0.05) is 6.54 Å². The van der Waals surface area contributed by atoms with Crippen molar-refractivity contribution in [3.8, 4) is 0 Å². The summed E-state index contributed by atoms with van der Waals surface area (Å²) in [5.74, 6) is 0.236. The van der Waals surface area contributed by atoms with Crippen LogP contribution in [0.3, 0.4) is 0 Å². The SMILES string of the molecule is CC1(CNC(=O)C2(c3ccccc3)CCC2)CCNCC1.Cl. The summed E-state index contributed by atoms with van der Waals surface area (Å²) in [5.41, 5.74) is 1.18. The van der Waals surface area contributed by atoms with Crippen molar-refractivity contribution in [2.75, 3.05) is 19.6 Å². The topological polar surface area (TPSA) is 41.1 Å². The Hall–Kier alpha value is -1.06. The highest BCUT2D eigenvalue weighted by Gasteiger charge is 2.45. The van der Waals surface area contributed by atoms with Crippen LogP contribution in [0.1, 0.15) is 44.6 Å². The first-order valence-corrected chi connectivity index (χ1v) is 8.19. The average molecular weight is 323 g/mol. The van der Waals surface area contributed by atoms with Crippen molar-refractivity contribution in [1.29, 1.82) is 0 Å². The Kier molecular flexibility index (Phi) is 5.51. The molecule has 3 nitrogen and oxygen atoms in total. The Morgan fingerprint density at radius 1 is 1.14 bits per heavy atom. The van der Waals surface area contributed by atoms with Crippen LogP contribution in [-0.4, -0.2) is 25.5 Å². The first kappa shape index (κ1) is 17.3. The first-order chi connectivity index (χ1) is 10.1. The molecule has 0 atom stereocenters. The molecule has 1 saturated carbocycles. The number of nitrogens with one attached hydrogen (secondary N) is 2. The minimum absolute atomic E-state index is 0. The van der Waals surface area contributed by atoms with E-state index in [2.05, 4.69) is 29.7 Å². The summed E-state index contributed by atoms with van der Waals surface area (Å²) in [6, 6.07) is 10.3. The number of hydrogen-bond acceptors (Lipinski definition) is 2. The minimum atomic E-state index is -0.259. The lowest BCUT2D eigenvalue weighted by Gasteiger charge is -2.42. The molecule has 2 fully saturated rings. The Balaban J connectivity index is 0.00000176. The van der Waals surface area contributed by atoms with E-state index in [1.807, 2.05) is 18.2 Å². The smallest absolute Gasteiger partial charge is 0.230 e. The van der Waals surface area contributed by atoms with Crippen LogP contribution in [0.5, 0.6) is 0 Å². The number of carbonyl (C=O) groups is 1. The molecule has 0 bridgehead atoms. The van der Waals surface area contributed by atoms with E-state index >= 15 is 0 Å². The number of halogens is 1. The van der Waals surface area contributed by atoms with Crippen LogP contribution in [-0.2, 0) is 10.2 Å². The van der Waals surface area contributed by atoms with Crippen molar-refractivity contribution in [2.45, 2.75) is 44.4 Å². The second kappa shape index (κ2) is 7.01. The van der Waals surface area contributed by atoms with Gasteiger partial charge < -0.3 is 10.6 Å². The van der Waals surface area contributed by atoms with Gasteiger partial charge in [0.2, 0.25) is 5.91 Å². The molecular weight excluding hydrogens is 296 g/mol. The average Bonchev–Trinajstić information content (AvgIpc) is 2.46. The summed E-state index contributed by atoms with van der Waals surface area (Å²) in [6.07, 6.45) is 5.42. The zero-order chi connectivity index (χ0) is 14.8. The van der Waals surface area contributed by atoms with E-state index in [1.165, 1.54) is 5.56 Å². The predicted octanol–water partition coefficient (Wildman–Crippen LogP) is 3.04.